The van der Waals surface area contributed by atoms with Gasteiger partial charge >= 0.3 is 0 Å². The van der Waals surface area contributed by atoms with Gasteiger partial charge in [0.2, 0.25) is 5.82 Å². The summed E-state index contributed by atoms with van der Waals surface area (Å²) >= 11 is 0. The Morgan fingerprint density at radius 3 is 2.93 bits per heavy atom. The fourth-order valence-electron chi connectivity index (χ4n) is 2.92. The summed E-state index contributed by atoms with van der Waals surface area (Å²) < 4.78 is 6.54. The van der Waals surface area contributed by atoms with E-state index in [1.807, 2.05) is 0 Å². The molecule has 0 fully saturated rings. The van der Waals surface area contributed by atoms with Crippen LogP contribution in [0.3, 0.4) is 0 Å². The smallest absolute Gasteiger partial charge is 0.287 e. The second-order valence-corrected chi connectivity index (χ2v) is 6.17. The van der Waals surface area contributed by atoms with Crippen LogP contribution in [0.5, 0.6) is 5.75 Å². The maximum Gasteiger partial charge on any atom is 0.287 e. The zero-order chi connectivity index (χ0) is 19.0. The lowest BCUT2D eigenvalue weighted by atomic mass is 10.1. The standard InChI is InChI=1S/C19H16N4O4/c1-23-17(22-13-5-3-2-4-12(13)19(23)26)18(25)20-9-11-6-7-15-14(8-11)21-16(24)10-27-15/h2-8H,9-10H2,1H3,(H,20,25)(H,21,24). The van der Waals surface area contributed by atoms with E-state index in [9.17, 15) is 14.4 Å². The molecular formula is C19H16N4O4. The number of benzene rings is 2. The first-order valence-corrected chi connectivity index (χ1v) is 8.32. The number of aromatic nitrogens is 2. The summed E-state index contributed by atoms with van der Waals surface area (Å²) in [6.07, 6.45) is 0. The first-order valence-electron chi connectivity index (χ1n) is 8.32. The zero-order valence-corrected chi connectivity index (χ0v) is 14.5. The molecule has 2 aromatic carbocycles. The van der Waals surface area contributed by atoms with Gasteiger partial charge in [0.15, 0.2) is 6.61 Å². The van der Waals surface area contributed by atoms with E-state index in [-0.39, 0.29) is 30.4 Å². The topological polar surface area (TPSA) is 102 Å². The van der Waals surface area contributed by atoms with Crippen molar-refractivity contribution in [2.24, 2.45) is 7.05 Å². The molecule has 0 atom stereocenters. The van der Waals surface area contributed by atoms with Crippen LogP contribution in [0.25, 0.3) is 10.9 Å². The van der Waals surface area contributed by atoms with Gasteiger partial charge < -0.3 is 15.4 Å². The van der Waals surface area contributed by atoms with E-state index in [0.717, 1.165) is 5.56 Å². The van der Waals surface area contributed by atoms with Crippen molar-refractivity contribution in [3.05, 3.63) is 64.2 Å². The third-order valence-corrected chi connectivity index (χ3v) is 4.32. The number of hydrogen-bond acceptors (Lipinski definition) is 5. The van der Waals surface area contributed by atoms with Crippen molar-refractivity contribution in [3.8, 4) is 5.75 Å². The van der Waals surface area contributed by atoms with Crippen LogP contribution in [0, 0.1) is 0 Å². The minimum absolute atomic E-state index is 0.00918. The molecule has 2 amide bonds. The van der Waals surface area contributed by atoms with Gasteiger partial charge in [0.1, 0.15) is 5.75 Å². The lowest BCUT2D eigenvalue weighted by Crippen LogP contribution is -2.32. The van der Waals surface area contributed by atoms with E-state index in [1.54, 1.807) is 42.5 Å². The Kier molecular flexibility index (Phi) is 4.08. The summed E-state index contributed by atoms with van der Waals surface area (Å²) in [5.74, 6) is -0.0611. The van der Waals surface area contributed by atoms with Crippen LogP contribution in [0.1, 0.15) is 16.2 Å². The highest BCUT2D eigenvalue weighted by Crippen LogP contribution is 2.28. The summed E-state index contributed by atoms with van der Waals surface area (Å²) in [6.45, 7) is 0.204. The molecule has 8 nitrogen and oxygen atoms in total. The maximum absolute atomic E-state index is 12.5. The molecule has 2 heterocycles. The lowest BCUT2D eigenvalue weighted by molar-refractivity contribution is -0.118. The van der Waals surface area contributed by atoms with Gasteiger partial charge in [-0.25, -0.2) is 4.98 Å². The maximum atomic E-state index is 12.5. The first-order chi connectivity index (χ1) is 13.0. The summed E-state index contributed by atoms with van der Waals surface area (Å²) in [5, 5.41) is 5.93. The minimum Gasteiger partial charge on any atom is -0.482 e. The van der Waals surface area contributed by atoms with Gasteiger partial charge in [-0.15, -0.1) is 0 Å². The molecule has 0 saturated heterocycles. The van der Waals surface area contributed by atoms with Crippen LogP contribution in [0.4, 0.5) is 5.69 Å². The molecule has 0 spiro atoms. The summed E-state index contributed by atoms with van der Waals surface area (Å²) in [4.78, 5) is 40.7. The normalized spacial score (nSPS) is 12.9. The van der Waals surface area contributed by atoms with Gasteiger partial charge in [0, 0.05) is 13.6 Å². The predicted molar refractivity (Wildman–Crippen MR) is 98.7 cm³/mol. The van der Waals surface area contributed by atoms with Gasteiger partial charge in [-0.3, -0.25) is 19.0 Å². The van der Waals surface area contributed by atoms with Crippen molar-refractivity contribution in [2.45, 2.75) is 6.54 Å². The average molecular weight is 364 g/mol. The minimum atomic E-state index is -0.460. The Hall–Kier alpha value is -3.68. The molecule has 4 rings (SSSR count). The fourth-order valence-corrected chi connectivity index (χ4v) is 2.92. The van der Waals surface area contributed by atoms with E-state index < -0.39 is 5.91 Å². The van der Waals surface area contributed by atoms with Crippen LogP contribution in [-0.2, 0) is 18.4 Å². The second-order valence-electron chi connectivity index (χ2n) is 6.17. The molecular weight excluding hydrogens is 348 g/mol. The molecule has 8 heteroatoms. The molecule has 136 valence electrons. The summed E-state index contributed by atoms with van der Waals surface area (Å²) in [6, 6.07) is 12.2. The van der Waals surface area contributed by atoms with E-state index in [4.69, 9.17) is 4.74 Å². The van der Waals surface area contributed by atoms with E-state index >= 15 is 0 Å². The molecule has 1 aliphatic rings. The van der Waals surface area contributed by atoms with Crippen LogP contribution >= 0.6 is 0 Å². The third kappa shape index (κ3) is 3.12. The number of carbonyl (C=O) groups excluding carboxylic acids is 2. The Bertz CT molecular complexity index is 1140. The molecule has 27 heavy (non-hydrogen) atoms. The monoisotopic (exact) mass is 364 g/mol. The number of amides is 2. The largest absolute Gasteiger partial charge is 0.482 e. The number of para-hydroxylation sites is 1. The predicted octanol–water partition coefficient (Wildman–Crippen LogP) is 1.19. The number of hydrogen-bond donors (Lipinski definition) is 2. The molecule has 0 aliphatic carbocycles. The number of nitrogens with one attached hydrogen (secondary N) is 2. The van der Waals surface area contributed by atoms with Gasteiger partial charge in [-0.2, -0.15) is 0 Å². The molecule has 1 aliphatic heterocycles. The highest BCUT2D eigenvalue weighted by molar-refractivity contribution is 5.95. The molecule has 0 unspecified atom stereocenters. The van der Waals surface area contributed by atoms with Crippen molar-refractivity contribution in [1.29, 1.82) is 0 Å². The van der Waals surface area contributed by atoms with Crippen LogP contribution in [0.2, 0.25) is 0 Å². The van der Waals surface area contributed by atoms with E-state index in [1.165, 1.54) is 11.6 Å². The van der Waals surface area contributed by atoms with Gasteiger partial charge in [0.05, 0.1) is 16.6 Å². The Morgan fingerprint density at radius 2 is 2.07 bits per heavy atom. The molecule has 0 radical (unpaired) electrons. The first kappa shape index (κ1) is 16.8. The van der Waals surface area contributed by atoms with Crippen molar-refractivity contribution in [3.63, 3.8) is 0 Å². The quantitative estimate of drug-likeness (QED) is 0.727. The van der Waals surface area contributed by atoms with Crippen LogP contribution < -0.4 is 20.9 Å². The van der Waals surface area contributed by atoms with Crippen molar-refractivity contribution < 1.29 is 14.3 Å². The van der Waals surface area contributed by atoms with Gasteiger partial charge in [-0.05, 0) is 29.8 Å². The lowest BCUT2D eigenvalue weighted by Gasteiger charge is -2.18. The Balaban J connectivity index is 1.56. The zero-order valence-electron chi connectivity index (χ0n) is 14.5. The third-order valence-electron chi connectivity index (χ3n) is 4.32. The summed E-state index contributed by atoms with van der Waals surface area (Å²) in [5.41, 5.74) is 1.53. The van der Waals surface area contributed by atoms with Crippen molar-refractivity contribution in [1.82, 2.24) is 14.9 Å². The SMILES string of the molecule is Cn1c(C(=O)NCc2ccc3c(c2)NC(=O)CO3)nc2ccccc2c1=O. The fraction of sp³-hybridized carbons (Fsp3) is 0.158. The van der Waals surface area contributed by atoms with Gasteiger partial charge in [-0.1, -0.05) is 18.2 Å². The van der Waals surface area contributed by atoms with Gasteiger partial charge in [0.25, 0.3) is 17.4 Å². The van der Waals surface area contributed by atoms with Crippen LogP contribution in [-0.4, -0.2) is 28.0 Å². The number of rotatable bonds is 3. The highest BCUT2D eigenvalue weighted by atomic mass is 16.5. The Morgan fingerprint density at radius 1 is 1.26 bits per heavy atom. The number of anilines is 1. The van der Waals surface area contributed by atoms with Crippen LogP contribution in [0.15, 0.2) is 47.3 Å². The number of ether oxygens (including phenoxy) is 1. The average Bonchev–Trinajstić information content (AvgIpc) is 2.68. The molecule has 0 saturated carbocycles. The molecule has 2 N–H and O–H groups in total. The van der Waals surface area contributed by atoms with Crippen molar-refractivity contribution in [2.75, 3.05) is 11.9 Å². The number of fused-ring (bicyclic) bond motifs is 2. The Labute approximate surface area is 153 Å². The van der Waals surface area contributed by atoms with Crippen molar-refractivity contribution >= 4 is 28.4 Å². The molecule has 0 bridgehead atoms. The number of nitrogens with zero attached hydrogens (tertiary/aromatic N) is 2. The number of carbonyl (C=O) groups is 2. The van der Waals surface area contributed by atoms with E-state index in [0.29, 0.717) is 22.3 Å². The molecule has 1 aromatic heterocycles. The molecule has 3 aromatic rings. The highest BCUT2D eigenvalue weighted by Gasteiger charge is 2.17. The van der Waals surface area contributed by atoms with E-state index in [2.05, 4.69) is 15.6 Å². The summed E-state index contributed by atoms with van der Waals surface area (Å²) in [7, 11) is 1.52. The second kappa shape index (κ2) is 6.56.